The molecule has 1 N–H and O–H groups in total. The summed E-state index contributed by atoms with van der Waals surface area (Å²) in [6.07, 6.45) is -10.6. The molecule has 1 fully saturated rings. The van der Waals surface area contributed by atoms with E-state index >= 15 is 0 Å². The van der Waals surface area contributed by atoms with Crippen LogP contribution in [0.2, 0.25) is 0 Å². The van der Waals surface area contributed by atoms with Crippen LogP contribution in [0.15, 0.2) is 24.3 Å². The summed E-state index contributed by atoms with van der Waals surface area (Å²) >= 11 is 0. The lowest BCUT2D eigenvalue weighted by Crippen LogP contribution is -2.31. The Morgan fingerprint density at radius 2 is 1.76 bits per heavy atom. The van der Waals surface area contributed by atoms with Crippen molar-refractivity contribution in [3.05, 3.63) is 35.4 Å². The highest BCUT2D eigenvalue weighted by Gasteiger charge is 2.45. The lowest BCUT2D eigenvalue weighted by Gasteiger charge is -2.13. The van der Waals surface area contributed by atoms with Crippen LogP contribution in [0.1, 0.15) is 29.9 Å². The standard InChI is InChI=1S/C13H11F6NO/c14-12(15,16)6-11(21)20-10-5-8(10)7-3-1-2-4-9(7)13(17,18)19/h1-4,8,10H,5-6H2,(H,20,21)/t8-,10+/m1/s1. The lowest BCUT2D eigenvalue weighted by molar-refractivity contribution is -0.153. The van der Waals surface area contributed by atoms with Crippen molar-refractivity contribution in [1.82, 2.24) is 5.32 Å². The van der Waals surface area contributed by atoms with Gasteiger partial charge >= 0.3 is 12.4 Å². The maximum absolute atomic E-state index is 12.8. The molecule has 1 amide bonds. The van der Waals surface area contributed by atoms with Crippen LogP contribution >= 0.6 is 0 Å². The van der Waals surface area contributed by atoms with Gasteiger partial charge in [0, 0.05) is 12.0 Å². The zero-order valence-electron chi connectivity index (χ0n) is 10.6. The number of nitrogens with one attached hydrogen (secondary N) is 1. The maximum Gasteiger partial charge on any atom is 0.416 e. The van der Waals surface area contributed by atoms with Crippen molar-refractivity contribution in [2.45, 2.75) is 37.2 Å². The van der Waals surface area contributed by atoms with Crippen LogP contribution in [-0.2, 0) is 11.0 Å². The molecule has 0 unspecified atom stereocenters. The van der Waals surface area contributed by atoms with E-state index in [1.807, 2.05) is 0 Å². The van der Waals surface area contributed by atoms with Gasteiger partial charge in [0.2, 0.25) is 5.91 Å². The number of hydrogen-bond donors (Lipinski definition) is 1. The van der Waals surface area contributed by atoms with Gasteiger partial charge in [-0.1, -0.05) is 18.2 Å². The molecule has 21 heavy (non-hydrogen) atoms. The number of alkyl halides is 6. The molecule has 1 saturated carbocycles. The van der Waals surface area contributed by atoms with Crippen molar-refractivity contribution in [3.8, 4) is 0 Å². The van der Waals surface area contributed by atoms with Crippen molar-refractivity contribution >= 4 is 5.91 Å². The van der Waals surface area contributed by atoms with Gasteiger partial charge in [-0.25, -0.2) is 0 Å². The number of benzene rings is 1. The molecule has 2 nitrogen and oxygen atoms in total. The average Bonchev–Trinajstić information content (AvgIpc) is 3.04. The fourth-order valence-electron chi connectivity index (χ4n) is 2.22. The van der Waals surface area contributed by atoms with Gasteiger partial charge in [0.15, 0.2) is 0 Å². The largest absolute Gasteiger partial charge is 0.416 e. The van der Waals surface area contributed by atoms with Crippen LogP contribution in [0.3, 0.4) is 0 Å². The van der Waals surface area contributed by atoms with E-state index in [0.29, 0.717) is 0 Å². The smallest absolute Gasteiger partial charge is 0.352 e. The van der Waals surface area contributed by atoms with Crippen molar-refractivity contribution in [2.24, 2.45) is 0 Å². The summed E-state index contributed by atoms with van der Waals surface area (Å²) in [5.41, 5.74) is -0.815. The van der Waals surface area contributed by atoms with Gasteiger partial charge in [0.1, 0.15) is 6.42 Å². The van der Waals surface area contributed by atoms with Gasteiger partial charge in [-0.05, 0) is 18.1 Å². The SMILES string of the molecule is O=C(CC(F)(F)F)N[C@H]1C[C@@H]1c1ccccc1C(F)(F)F. The zero-order valence-corrected chi connectivity index (χ0v) is 10.6. The predicted molar refractivity (Wildman–Crippen MR) is 61.4 cm³/mol. The number of hydrogen-bond acceptors (Lipinski definition) is 1. The summed E-state index contributed by atoms with van der Waals surface area (Å²) in [5, 5.41) is 2.11. The normalized spacial score (nSPS) is 22.0. The number of halogens is 6. The molecule has 0 aromatic heterocycles. The molecule has 2 atom stereocenters. The third-order valence-corrected chi connectivity index (χ3v) is 3.16. The Hall–Kier alpha value is -1.73. The Kier molecular flexibility index (Phi) is 3.90. The summed E-state index contributed by atoms with van der Waals surface area (Å²) in [6.45, 7) is 0. The Bertz CT molecular complexity index is 536. The maximum atomic E-state index is 12.8. The van der Waals surface area contributed by atoms with Crippen molar-refractivity contribution < 1.29 is 31.1 Å². The predicted octanol–water partition coefficient (Wildman–Crippen LogP) is 3.63. The molecule has 1 aliphatic rings. The monoisotopic (exact) mass is 311 g/mol. The quantitative estimate of drug-likeness (QED) is 0.849. The molecule has 1 aromatic rings. The molecule has 0 radical (unpaired) electrons. The van der Waals surface area contributed by atoms with Crippen molar-refractivity contribution in [1.29, 1.82) is 0 Å². The van der Waals surface area contributed by atoms with Crippen LogP contribution < -0.4 is 5.32 Å². The molecular formula is C13H11F6NO. The molecule has 0 bridgehead atoms. The van der Waals surface area contributed by atoms with E-state index in [2.05, 4.69) is 5.32 Å². The third kappa shape index (κ3) is 4.12. The van der Waals surface area contributed by atoms with E-state index in [0.717, 1.165) is 6.07 Å². The van der Waals surface area contributed by atoms with E-state index in [4.69, 9.17) is 0 Å². The van der Waals surface area contributed by atoms with E-state index in [1.54, 1.807) is 0 Å². The Morgan fingerprint density at radius 3 is 2.33 bits per heavy atom. The summed E-state index contributed by atoms with van der Waals surface area (Å²) in [5.74, 6) is -1.82. The molecular weight excluding hydrogens is 300 g/mol. The number of carbonyl (C=O) groups is 1. The molecule has 0 heterocycles. The Morgan fingerprint density at radius 1 is 1.14 bits per heavy atom. The van der Waals surface area contributed by atoms with E-state index in [9.17, 15) is 31.1 Å². The zero-order chi connectivity index (χ0) is 15.8. The van der Waals surface area contributed by atoms with E-state index in [1.165, 1.54) is 18.2 Å². The van der Waals surface area contributed by atoms with E-state index < -0.39 is 42.2 Å². The minimum atomic E-state index is -4.63. The molecule has 0 spiro atoms. The van der Waals surface area contributed by atoms with E-state index in [-0.39, 0.29) is 12.0 Å². The van der Waals surface area contributed by atoms with Crippen LogP contribution in [0.5, 0.6) is 0 Å². The molecule has 1 aromatic carbocycles. The molecule has 116 valence electrons. The highest BCUT2D eigenvalue weighted by molar-refractivity contribution is 5.77. The summed E-state index contributed by atoms with van der Waals surface area (Å²) in [7, 11) is 0. The van der Waals surface area contributed by atoms with Gasteiger partial charge in [-0.2, -0.15) is 26.3 Å². The average molecular weight is 311 g/mol. The molecule has 2 rings (SSSR count). The molecule has 8 heteroatoms. The van der Waals surface area contributed by atoms with Crippen LogP contribution in [0.4, 0.5) is 26.3 Å². The van der Waals surface area contributed by atoms with Gasteiger partial charge in [-0.15, -0.1) is 0 Å². The molecule has 0 saturated heterocycles. The second-order valence-corrected chi connectivity index (χ2v) is 4.89. The highest BCUT2D eigenvalue weighted by atomic mass is 19.4. The first kappa shape index (κ1) is 15.7. The first-order valence-corrected chi connectivity index (χ1v) is 6.10. The van der Waals surface area contributed by atoms with Gasteiger partial charge in [-0.3, -0.25) is 4.79 Å². The number of rotatable bonds is 3. The summed E-state index contributed by atoms with van der Waals surface area (Å²) in [6, 6.07) is 4.19. The highest BCUT2D eigenvalue weighted by Crippen LogP contribution is 2.46. The minimum absolute atomic E-state index is 0.00214. The van der Waals surface area contributed by atoms with Crippen molar-refractivity contribution in [2.75, 3.05) is 0 Å². The van der Waals surface area contributed by atoms with Gasteiger partial charge in [0.05, 0.1) is 5.56 Å². The summed E-state index contributed by atoms with van der Waals surface area (Å²) in [4.78, 5) is 11.1. The van der Waals surface area contributed by atoms with Crippen LogP contribution in [0, 0.1) is 0 Å². The minimum Gasteiger partial charge on any atom is -0.352 e. The second kappa shape index (κ2) is 5.23. The fraction of sp³-hybridized carbons (Fsp3) is 0.462. The lowest BCUT2D eigenvalue weighted by atomic mass is 10.0. The van der Waals surface area contributed by atoms with Crippen molar-refractivity contribution in [3.63, 3.8) is 0 Å². The number of amides is 1. The Balaban J connectivity index is 2.03. The van der Waals surface area contributed by atoms with Gasteiger partial charge in [0.25, 0.3) is 0 Å². The topological polar surface area (TPSA) is 29.1 Å². The first-order valence-electron chi connectivity index (χ1n) is 6.10. The van der Waals surface area contributed by atoms with Crippen LogP contribution in [-0.4, -0.2) is 18.1 Å². The second-order valence-electron chi connectivity index (χ2n) is 4.89. The molecule has 1 aliphatic carbocycles. The van der Waals surface area contributed by atoms with Crippen LogP contribution in [0.25, 0.3) is 0 Å². The number of carbonyl (C=O) groups excluding carboxylic acids is 1. The first-order chi connectivity index (χ1) is 9.58. The van der Waals surface area contributed by atoms with Gasteiger partial charge < -0.3 is 5.32 Å². The molecule has 0 aliphatic heterocycles. The Labute approximate surface area is 116 Å². The fourth-order valence-corrected chi connectivity index (χ4v) is 2.22. The summed E-state index contributed by atoms with van der Waals surface area (Å²) < 4.78 is 74.5. The third-order valence-electron chi connectivity index (χ3n) is 3.16.